The Balaban J connectivity index is 0.00000264. The zero-order chi connectivity index (χ0) is 16.0. The molecule has 3 atom stereocenters. The summed E-state index contributed by atoms with van der Waals surface area (Å²) in [5, 5.41) is 6.83. The lowest BCUT2D eigenvalue weighted by Gasteiger charge is -2.35. The van der Waals surface area contributed by atoms with Crippen LogP contribution in [0.1, 0.15) is 40.0 Å². The van der Waals surface area contributed by atoms with Gasteiger partial charge in [-0.05, 0) is 38.0 Å². The van der Waals surface area contributed by atoms with Crippen molar-refractivity contribution >= 4 is 29.9 Å². The molecule has 0 spiro atoms. The Labute approximate surface area is 159 Å². The van der Waals surface area contributed by atoms with Gasteiger partial charge in [-0.2, -0.15) is 0 Å². The highest BCUT2D eigenvalue weighted by atomic mass is 127. The molecule has 2 rings (SSSR count). The van der Waals surface area contributed by atoms with Gasteiger partial charge in [-0.3, -0.25) is 4.99 Å². The maximum Gasteiger partial charge on any atom is 0.191 e. The SMILES string of the molecule is CN=C(NCCN1CC(C)CC(C)C1)NCC1(C)CCCO1.I. The summed E-state index contributed by atoms with van der Waals surface area (Å²) in [4.78, 5) is 6.88. The number of nitrogens with zero attached hydrogens (tertiary/aromatic N) is 2. The number of nitrogens with one attached hydrogen (secondary N) is 2. The van der Waals surface area contributed by atoms with E-state index in [9.17, 15) is 0 Å². The molecule has 23 heavy (non-hydrogen) atoms. The number of halogens is 1. The molecule has 0 bridgehead atoms. The average molecular weight is 438 g/mol. The standard InChI is InChI=1S/C17H34N4O.HI/c1-14-10-15(2)12-21(11-14)8-7-19-16(18-4)20-13-17(3)6-5-9-22-17;/h14-15H,5-13H2,1-4H3,(H2,18,19,20);1H. The second-order valence-electron chi connectivity index (χ2n) is 7.46. The predicted molar refractivity (Wildman–Crippen MR) is 108 cm³/mol. The first-order valence-electron chi connectivity index (χ1n) is 8.81. The zero-order valence-electron chi connectivity index (χ0n) is 15.2. The van der Waals surface area contributed by atoms with Crippen LogP contribution in [0.25, 0.3) is 0 Å². The highest BCUT2D eigenvalue weighted by Crippen LogP contribution is 2.23. The van der Waals surface area contributed by atoms with Gasteiger partial charge in [0.1, 0.15) is 0 Å². The van der Waals surface area contributed by atoms with Crippen molar-refractivity contribution in [2.24, 2.45) is 16.8 Å². The summed E-state index contributed by atoms with van der Waals surface area (Å²) in [6.45, 7) is 13.1. The molecule has 2 fully saturated rings. The number of aliphatic imine (C=N–C) groups is 1. The molecule has 0 radical (unpaired) electrons. The summed E-state index contributed by atoms with van der Waals surface area (Å²) in [5.74, 6) is 2.52. The van der Waals surface area contributed by atoms with Crippen LogP contribution >= 0.6 is 24.0 Å². The molecule has 6 heteroatoms. The van der Waals surface area contributed by atoms with Crippen LogP contribution in [-0.4, -0.2) is 62.8 Å². The third-order valence-electron chi connectivity index (χ3n) is 4.82. The molecule has 0 aromatic rings. The minimum absolute atomic E-state index is 0. The quantitative estimate of drug-likeness (QED) is 0.393. The molecule has 2 aliphatic rings. The normalized spacial score (nSPS) is 32.4. The summed E-state index contributed by atoms with van der Waals surface area (Å²) >= 11 is 0. The van der Waals surface area contributed by atoms with Gasteiger partial charge in [-0.25, -0.2) is 0 Å². The van der Waals surface area contributed by atoms with Crippen LogP contribution in [0.15, 0.2) is 4.99 Å². The van der Waals surface area contributed by atoms with E-state index in [1.807, 2.05) is 7.05 Å². The molecule has 136 valence electrons. The second kappa shape index (κ2) is 10.0. The summed E-state index contributed by atoms with van der Waals surface area (Å²) in [6, 6.07) is 0. The Morgan fingerprint density at radius 2 is 1.96 bits per heavy atom. The minimum Gasteiger partial charge on any atom is -0.373 e. The van der Waals surface area contributed by atoms with E-state index < -0.39 is 0 Å². The van der Waals surface area contributed by atoms with Crippen LogP contribution in [0.2, 0.25) is 0 Å². The van der Waals surface area contributed by atoms with Gasteiger partial charge >= 0.3 is 0 Å². The third kappa shape index (κ3) is 7.13. The van der Waals surface area contributed by atoms with E-state index >= 15 is 0 Å². The molecule has 2 heterocycles. The van der Waals surface area contributed by atoms with Crippen molar-refractivity contribution in [3.63, 3.8) is 0 Å². The molecule has 5 nitrogen and oxygen atoms in total. The molecular formula is C17H35IN4O. The molecule has 0 aliphatic carbocycles. The van der Waals surface area contributed by atoms with Gasteiger partial charge in [0.05, 0.1) is 5.60 Å². The zero-order valence-corrected chi connectivity index (χ0v) is 17.6. The van der Waals surface area contributed by atoms with Crippen molar-refractivity contribution < 1.29 is 4.74 Å². The lowest BCUT2D eigenvalue weighted by Crippen LogP contribution is -2.48. The first-order valence-corrected chi connectivity index (χ1v) is 8.81. The van der Waals surface area contributed by atoms with Gasteiger partial charge in [0.25, 0.3) is 0 Å². The Morgan fingerprint density at radius 1 is 1.26 bits per heavy atom. The van der Waals surface area contributed by atoms with Crippen LogP contribution in [0.5, 0.6) is 0 Å². The highest BCUT2D eigenvalue weighted by Gasteiger charge is 2.29. The van der Waals surface area contributed by atoms with Crippen molar-refractivity contribution in [1.29, 1.82) is 0 Å². The second-order valence-corrected chi connectivity index (χ2v) is 7.46. The van der Waals surface area contributed by atoms with E-state index in [0.717, 1.165) is 56.9 Å². The van der Waals surface area contributed by atoms with Crippen molar-refractivity contribution in [2.75, 3.05) is 46.4 Å². The fourth-order valence-electron chi connectivity index (χ4n) is 3.77. The van der Waals surface area contributed by atoms with E-state index in [-0.39, 0.29) is 29.6 Å². The summed E-state index contributed by atoms with van der Waals surface area (Å²) in [5.41, 5.74) is -0.0324. The minimum atomic E-state index is -0.0324. The molecule has 2 N–H and O–H groups in total. The lowest BCUT2D eigenvalue weighted by molar-refractivity contribution is 0.0242. The predicted octanol–water partition coefficient (Wildman–Crippen LogP) is 2.32. The van der Waals surface area contributed by atoms with Gasteiger partial charge in [0.15, 0.2) is 5.96 Å². The van der Waals surface area contributed by atoms with Gasteiger partial charge < -0.3 is 20.3 Å². The van der Waals surface area contributed by atoms with E-state index in [1.165, 1.54) is 19.5 Å². The molecular weight excluding hydrogens is 403 g/mol. The smallest absolute Gasteiger partial charge is 0.191 e. The van der Waals surface area contributed by atoms with Gasteiger partial charge in [-0.1, -0.05) is 13.8 Å². The van der Waals surface area contributed by atoms with Crippen molar-refractivity contribution in [2.45, 2.75) is 45.6 Å². The monoisotopic (exact) mass is 438 g/mol. The number of piperidine rings is 1. The van der Waals surface area contributed by atoms with Crippen LogP contribution in [0.4, 0.5) is 0 Å². The van der Waals surface area contributed by atoms with Crippen molar-refractivity contribution in [3.05, 3.63) is 0 Å². The van der Waals surface area contributed by atoms with E-state index in [2.05, 4.69) is 41.3 Å². The Hall–Kier alpha value is -0.0800. The summed E-state index contributed by atoms with van der Waals surface area (Å²) in [6.07, 6.45) is 3.65. The molecule has 2 aliphatic heterocycles. The fourth-order valence-corrected chi connectivity index (χ4v) is 3.77. The average Bonchev–Trinajstić information content (AvgIpc) is 2.89. The van der Waals surface area contributed by atoms with Gasteiger partial charge in [-0.15, -0.1) is 24.0 Å². The highest BCUT2D eigenvalue weighted by molar-refractivity contribution is 14.0. The summed E-state index contributed by atoms with van der Waals surface area (Å²) in [7, 11) is 1.83. The number of guanidine groups is 1. The van der Waals surface area contributed by atoms with E-state index in [4.69, 9.17) is 4.74 Å². The number of hydrogen-bond donors (Lipinski definition) is 2. The molecule has 0 amide bonds. The number of hydrogen-bond acceptors (Lipinski definition) is 3. The topological polar surface area (TPSA) is 48.9 Å². The van der Waals surface area contributed by atoms with Gasteiger partial charge in [0, 0.05) is 46.4 Å². The van der Waals surface area contributed by atoms with E-state index in [0.29, 0.717) is 0 Å². The first kappa shape index (κ1) is 21.0. The maximum atomic E-state index is 5.81. The Morgan fingerprint density at radius 3 is 2.52 bits per heavy atom. The maximum absolute atomic E-state index is 5.81. The van der Waals surface area contributed by atoms with Crippen LogP contribution in [0, 0.1) is 11.8 Å². The first-order chi connectivity index (χ1) is 10.5. The third-order valence-corrected chi connectivity index (χ3v) is 4.82. The number of likely N-dealkylation sites (tertiary alicyclic amines) is 1. The van der Waals surface area contributed by atoms with Crippen molar-refractivity contribution in [1.82, 2.24) is 15.5 Å². The van der Waals surface area contributed by atoms with E-state index in [1.54, 1.807) is 0 Å². The molecule has 0 aromatic heterocycles. The Kier molecular flexibility index (Phi) is 9.15. The van der Waals surface area contributed by atoms with Crippen LogP contribution in [0.3, 0.4) is 0 Å². The van der Waals surface area contributed by atoms with Gasteiger partial charge in [0.2, 0.25) is 0 Å². The molecule has 2 saturated heterocycles. The van der Waals surface area contributed by atoms with Crippen LogP contribution in [-0.2, 0) is 4.74 Å². The molecule has 3 unspecified atom stereocenters. The van der Waals surface area contributed by atoms with Crippen molar-refractivity contribution in [3.8, 4) is 0 Å². The number of ether oxygens (including phenoxy) is 1. The molecule has 0 saturated carbocycles. The lowest BCUT2D eigenvalue weighted by atomic mass is 9.92. The summed E-state index contributed by atoms with van der Waals surface area (Å²) < 4.78 is 5.81. The Bertz CT molecular complexity index is 362. The van der Waals surface area contributed by atoms with Crippen LogP contribution < -0.4 is 10.6 Å². The molecule has 0 aromatic carbocycles. The number of rotatable bonds is 5. The largest absolute Gasteiger partial charge is 0.373 e. The fraction of sp³-hybridized carbons (Fsp3) is 0.941.